The van der Waals surface area contributed by atoms with Crippen LogP contribution in [0.5, 0.6) is 0 Å². The average Bonchev–Trinajstić information content (AvgIpc) is 2.69. The van der Waals surface area contributed by atoms with Gasteiger partial charge < -0.3 is 20.3 Å². The Balaban J connectivity index is 1.62. The van der Waals surface area contributed by atoms with Gasteiger partial charge in [-0.25, -0.2) is 4.79 Å². The third-order valence-corrected chi connectivity index (χ3v) is 5.45. The number of para-hydroxylation sites is 1. The highest BCUT2D eigenvalue weighted by Crippen LogP contribution is 2.25. The fourth-order valence-corrected chi connectivity index (χ4v) is 3.56. The fraction of sp³-hybridized carbons (Fsp3) is 0.409. The van der Waals surface area contributed by atoms with Crippen molar-refractivity contribution < 1.29 is 9.53 Å². The van der Waals surface area contributed by atoms with Crippen LogP contribution in [0.3, 0.4) is 0 Å². The Morgan fingerprint density at radius 2 is 1.70 bits per heavy atom. The Labute approximate surface area is 161 Å². The van der Waals surface area contributed by atoms with Gasteiger partial charge in [0, 0.05) is 31.0 Å². The fourth-order valence-electron chi connectivity index (χ4n) is 3.56. The molecule has 5 nitrogen and oxygen atoms in total. The molecule has 0 aromatic heterocycles. The zero-order valence-corrected chi connectivity index (χ0v) is 16.2. The van der Waals surface area contributed by atoms with Crippen LogP contribution < -0.4 is 10.6 Å². The lowest BCUT2D eigenvalue weighted by Crippen LogP contribution is -2.56. The van der Waals surface area contributed by atoms with Crippen LogP contribution in [-0.4, -0.2) is 50.3 Å². The number of ether oxygens (including phenoxy) is 1. The molecule has 2 amide bonds. The van der Waals surface area contributed by atoms with Crippen molar-refractivity contribution in [3.63, 3.8) is 0 Å². The van der Waals surface area contributed by atoms with Gasteiger partial charge in [0.05, 0.1) is 0 Å². The minimum atomic E-state index is -0.164. The number of rotatable bonds is 6. The van der Waals surface area contributed by atoms with E-state index in [4.69, 9.17) is 4.74 Å². The molecule has 0 bridgehead atoms. The van der Waals surface area contributed by atoms with E-state index in [1.165, 1.54) is 5.56 Å². The second-order valence-electron chi connectivity index (χ2n) is 7.36. The van der Waals surface area contributed by atoms with Crippen molar-refractivity contribution in [1.82, 2.24) is 10.2 Å². The highest BCUT2D eigenvalue weighted by Gasteiger charge is 2.35. The molecule has 1 heterocycles. The van der Waals surface area contributed by atoms with E-state index in [1.54, 1.807) is 0 Å². The Hall–Kier alpha value is -2.37. The third-order valence-electron chi connectivity index (χ3n) is 5.45. The molecule has 0 saturated carbocycles. The van der Waals surface area contributed by atoms with Crippen LogP contribution in [0.4, 0.5) is 10.5 Å². The van der Waals surface area contributed by atoms with Crippen LogP contribution in [0.15, 0.2) is 54.6 Å². The first kappa shape index (κ1) is 19.4. The summed E-state index contributed by atoms with van der Waals surface area (Å²) in [4.78, 5) is 14.8. The molecule has 0 radical (unpaired) electrons. The SMILES string of the molecule is CN(C)C1(CNC(=O)Nc2ccccc2Cc2ccccc2)CCOCC1. The number of hydrogen-bond acceptors (Lipinski definition) is 3. The Kier molecular flexibility index (Phi) is 6.48. The topological polar surface area (TPSA) is 53.6 Å². The average molecular weight is 367 g/mol. The predicted octanol–water partition coefficient (Wildman–Crippen LogP) is 3.51. The smallest absolute Gasteiger partial charge is 0.319 e. The maximum atomic E-state index is 12.6. The van der Waals surface area contributed by atoms with Gasteiger partial charge in [-0.2, -0.15) is 0 Å². The van der Waals surface area contributed by atoms with E-state index in [1.807, 2.05) is 36.4 Å². The Morgan fingerprint density at radius 1 is 1.04 bits per heavy atom. The van der Waals surface area contributed by atoms with Crippen LogP contribution in [0, 0.1) is 0 Å². The molecule has 2 aromatic carbocycles. The van der Waals surface area contributed by atoms with Gasteiger partial charge in [0.1, 0.15) is 0 Å². The molecule has 2 aromatic rings. The van der Waals surface area contributed by atoms with Gasteiger partial charge in [-0.15, -0.1) is 0 Å². The first-order chi connectivity index (χ1) is 13.1. The van der Waals surface area contributed by atoms with Crippen LogP contribution in [-0.2, 0) is 11.2 Å². The maximum absolute atomic E-state index is 12.6. The Morgan fingerprint density at radius 3 is 2.41 bits per heavy atom. The number of urea groups is 1. The maximum Gasteiger partial charge on any atom is 0.319 e. The number of hydrogen-bond donors (Lipinski definition) is 2. The summed E-state index contributed by atoms with van der Waals surface area (Å²) in [6.45, 7) is 2.08. The van der Waals surface area contributed by atoms with E-state index < -0.39 is 0 Å². The van der Waals surface area contributed by atoms with Gasteiger partial charge in [0.25, 0.3) is 0 Å². The second kappa shape index (κ2) is 9.02. The molecule has 1 fully saturated rings. The number of benzene rings is 2. The summed E-state index contributed by atoms with van der Waals surface area (Å²) in [6, 6.07) is 18.1. The van der Waals surface area contributed by atoms with Crippen molar-refractivity contribution >= 4 is 11.7 Å². The lowest BCUT2D eigenvalue weighted by atomic mass is 9.88. The van der Waals surface area contributed by atoms with Crippen molar-refractivity contribution in [3.8, 4) is 0 Å². The van der Waals surface area contributed by atoms with E-state index in [2.05, 4.69) is 47.8 Å². The summed E-state index contributed by atoms with van der Waals surface area (Å²) >= 11 is 0. The molecule has 1 aliphatic rings. The first-order valence-corrected chi connectivity index (χ1v) is 9.51. The molecule has 1 aliphatic heterocycles. The predicted molar refractivity (Wildman–Crippen MR) is 109 cm³/mol. The zero-order chi connectivity index (χ0) is 19.1. The molecule has 2 N–H and O–H groups in total. The largest absolute Gasteiger partial charge is 0.381 e. The second-order valence-corrected chi connectivity index (χ2v) is 7.36. The number of nitrogens with one attached hydrogen (secondary N) is 2. The minimum Gasteiger partial charge on any atom is -0.381 e. The van der Waals surface area contributed by atoms with E-state index in [0.29, 0.717) is 6.54 Å². The van der Waals surface area contributed by atoms with Gasteiger partial charge in [-0.3, -0.25) is 0 Å². The molecule has 0 unspecified atom stereocenters. The highest BCUT2D eigenvalue weighted by atomic mass is 16.5. The lowest BCUT2D eigenvalue weighted by Gasteiger charge is -2.42. The van der Waals surface area contributed by atoms with Crippen LogP contribution in [0.25, 0.3) is 0 Å². The summed E-state index contributed by atoms with van der Waals surface area (Å²) in [7, 11) is 4.14. The number of carbonyl (C=O) groups is 1. The summed E-state index contributed by atoms with van der Waals surface area (Å²) < 4.78 is 5.49. The molecule has 1 saturated heterocycles. The third kappa shape index (κ3) is 5.08. The molecule has 3 rings (SSSR count). The van der Waals surface area contributed by atoms with Crippen LogP contribution in [0.2, 0.25) is 0 Å². The van der Waals surface area contributed by atoms with Crippen molar-refractivity contribution in [1.29, 1.82) is 0 Å². The normalized spacial score (nSPS) is 16.1. The number of amides is 2. The summed E-state index contributed by atoms with van der Waals surface area (Å²) in [5.41, 5.74) is 3.14. The van der Waals surface area contributed by atoms with Crippen molar-refractivity contribution in [3.05, 3.63) is 65.7 Å². The van der Waals surface area contributed by atoms with Gasteiger partial charge in [-0.1, -0.05) is 48.5 Å². The number of carbonyl (C=O) groups excluding carboxylic acids is 1. The number of anilines is 1. The molecule has 0 atom stereocenters. The molecule has 0 spiro atoms. The van der Waals surface area contributed by atoms with Crippen molar-refractivity contribution in [2.24, 2.45) is 0 Å². The lowest BCUT2D eigenvalue weighted by molar-refractivity contribution is -0.00553. The minimum absolute atomic E-state index is 0.0425. The van der Waals surface area contributed by atoms with Gasteiger partial charge in [0.15, 0.2) is 0 Å². The molecule has 144 valence electrons. The molecular weight excluding hydrogens is 338 g/mol. The summed E-state index contributed by atoms with van der Waals surface area (Å²) in [5, 5.41) is 6.09. The van der Waals surface area contributed by atoms with Gasteiger partial charge in [-0.05, 0) is 50.6 Å². The standard InChI is InChI=1S/C22H29N3O2/c1-25(2)22(12-14-27-15-13-22)17-23-21(26)24-20-11-7-6-10-19(20)16-18-8-4-3-5-9-18/h3-11H,12-17H2,1-2H3,(H2,23,24,26). The van der Waals surface area contributed by atoms with E-state index in [0.717, 1.165) is 43.7 Å². The Bertz CT molecular complexity index is 740. The monoisotopic (exact) mass is 367 g/mol. The van der Waals surface area contributed by atoms with Crippen molar-refractivity contribution in [2.75, 3.05) is 39.2 Å². The summed E-state index contributed by atoms with van der Waals surface area (Å²) in [6.07, 6.45) is 2.63. The van der Waals surface area contributed by atoms with E-state index >= 15 is 0 Å². The van der Waals surface area contributed by atoms with E-state index in [-0.39, 0.29) is 11.6 Å². The quantitative estimate of drug-likeness (QED) is 0.821. The highest BCUT2D eigenvalue weighted by molar-refractivity contribution is 5.90. The van der Waals surface area contributed by atoms with Crippen molar-refractivity contribution in [2.45, 2.75) is 24.8 Å². The molecule has 0 aliphatic carbocycles. The van der Waals surface area contributed by atoms with Gasteiger partial charge >= 0.3 is 6.03 Å². The van der Waals surface area contributed by atoms with E-state index in [9.17, 15) is 4.79 Å². The molecular formula is C22H29N3O2. The van der Waals surface area contributed by atoms with Crippen LogP contribution >= 0.6 is 0 Å². The molecule has 27 heavy (non-hydrogen) atoms. The number of likely N-dealkylation sites (N-methyl/N-ethyl adjacent to an activating group) is 1. The molecule has 5 heteroatoms. The zero-order valence-electron chi connectivity index (χ0n) is 16.2. The van der Waals surface area contributed by atoms with Crippen LogP contribution in [0.1, 0.15) is 24.0 Å². The first-order valence-electron chi connectivity index (χ1n) is 9.51. The summed E-state index contributed by atoms with van der Waals surface area (Å²) in [5.74, 6) is 0. The number of nitrogens with zero attached hydrogens (tertiary/aromatic N) is 1. The van der Waals surface area contributed by atoms with Gasteiger partial charge in [0.2, 0.25) is 0 Å².